The van der Waals surface area contributed by atoms with Crippen molar-refractivity contribution in [1.82, 2.24) is 0 Å². The molecule has 1 atom stereocenters. The molecule has 2 aliphatic rings. The van der Waals surface area contributed by atoms with Gasteiger partial charge in [0, 0.05) is 10.3 Å². The number of azo groups is 1. The van der Waals surface area contributed by atoms with Gasteiger partial charge in [-0.15, -0.1) is 21.6 Å². The summed E-state index contributed by atoms with van der Waals surface area (Å²) in [7, 11) is 2.40. The van der Waals surface area contributed by atoms with Crippen LogP contribution >= 0.6 is 11.3 Å². The molecule has 8 nitrogen and oxygen atoms in total. The lowest BCUT2D eigenvalue weighted by atomic mass is 9.92. The molecular weight excluding hydrogens is 368 g/mol. The van der Waals surface area contributed by atoms with Gasteiger partial charge in [0.1, 0.15) is 5.70 Å². The van der Waals surface area contributed by atoms with Crippen molar-refractivity contribution in [3.05, 3.63) is 52.1 Å². The van der Waals surface area contributed by atoms with Crippen molar-refractivity contribution in [2.45, 2.75) is 6.04 Å². The van der Waals surface area contributed by atoms with Crippen molar-refractivity contribution in [3.8, 4) is 0 Å². The number of carbonyl (C=O) groups is 2. The number of methoxy groups -OCH3 is 2. The van der Waals surface area contributed by atoms with Gasteiger partial charge in [-0.2, -0.15) is 0 Å². The summed E-state index contributed by atoms with van der Waals surface area (Å²) in [5, 5.41) is 9.33. The number of aliphatic imine (C=N–C) groups is 1. The van der Waals surface area contributed by atoms with E-state index in [9.17, 15) is 9.59 Å². The minimum Gasteiger partial charge on any atom is -0.466 e. The Morgan fingerprint density at radius 1 is 1.11 bits per heavy atom. The van der Waals surface area contributed by atoms with E-state index in [1.165, 1.54) is 25.6 Å². The molecule has 1 unspecified atom stereocenters. The van der Waals surface area contributed by atoms with Gasteiger partial charge < -0.3 is 15.2 Å². The van der Waals surface area contributed by atoms with Gasteiger partial charge in [0.15, 0.2) is 11.5 Å². The first-order valence-electron chi connectivity index (χ1n) is 7.95. The van der Waals surface area contributed by atoms with Crippen LogP contribution in [0.25, 0.3) is 15.8 Å². The number of esters is 2. The van der Waals surface area contributed by atoms with Gasteiger partial charge in [0.2, 0.25) is 0 Å². The molecule has 0 amide bonds. The predicted octanol–water partition coefficient (Wildman–Crippen LogP) is 2.42. The maximum Gasteiger partial charge on any atom is 0.357 e. The molecule has 0 bridgehead atoms. The van der Waals surface area contributed by atoms with Crippen LogP contribution in [0.2, 0.25) is 0 Å². The SMILES string of the molecule is COC(=O)C1=C(C(=O)OC)C(N)C2=C(c3cc4ccccc4s3)N=NC2=N1. The summed E-state index contributed by atoms with van der Waals surface area (Å²) in [4.78, 5) is 29.3. The largest absolute Gasteiger partial charge is 0.466 e. The first-order valence-corrected chi connectivity index (χ1v) is 8.77. The minimum absolute atomic E-state index is 0.0750. The molecule has 0 radical (unpaired) electrons. The van der Waals surface area contributed by atoms with Crippen molar-refractivity contribution < 1.29 is 19.1 Å². The second-order valence-corrected chi connectivity index (χ2v) is 6.85. The van der Waals surface area contributed by atoms with Crippen LogP contribution in [-0.2, 0) is 19.1 Å². The zero-order valence-corrected chi connectivity index (χ0v) is 15.2. The van der Waals surface area contributed by atoms with Gasteiger partial charge in [0.05, 0.1) is 30.7 Å². The maximum absolute atomic E-state index is 12.3. The first-order chi connectivity index (χ1) is 13.0. The monoisotopic (exact) mass is 382 g/mol. The van der Waals surface area contributed by atoms with Crippen LogP contribution in [-0.4, -0.2) is 38.0 Å². The van der Waals surface area contributed by atoms with E-state index in [1.807, 2.05) is 30.3 Å². The topological polar surface area (TPSA) is 116 Å². The summed E-state index contributed by atoms with van der Waals surface area (Å²) in [5.74, 6) is -1.34. The van der Waals surface area contributed by atoms with E-state index >= 15 is 0 Å². The van der Waals surface area contributed by atoms with E-state index in [0.717, 1.165) is 15.0 Å². The standard InChI is InChI=1S/C18H14N4O4S/c1-25-17(23)12-13(19)11-14(10-7-8-5-3-4-6-9(8)27-10)21-22-16(11)20-15(12)18(24)26-2/h3-7,13H,19H2,1-2H3. The molecule has 9 heteroatoms. The maximum atomic E-state index is 12.3. The molecule has 0 saturated carbocycles. The third-order valence-electron chi connectivity index (χ3n) is 4.28. The Morgan fingerprint density at radius 2 is 1.85 bits per heavy atom. The highest BCUT2D eigenvalue weighted by Gasteiger charge is 2.40. The summed E-state index contributed by atoms with van der Waals surface area (Å²) in [6.45, 7) is 0. The fourth-order valence-electron chi connectivity index (χ4n) is 3.00. The molecule has 0 aliphatic carbocycles. The second kappa shape index (κ2) is 6.53. The lowest BCUT2D eigenvalue weighted by Crippen LogP contribution is -2.37. The molecule has 0 saturated heterocycles. The van der Waals surface area contributed by atoms with E-state index in [4.69, 9.17) is 15.2 Å². The van der Waals surface area contributed by atoms with Crippen LogP contribution in [0.15, 0.2) is 62.4 Å². The van der Waals surface area contributed by atoms with Crippen LogP contribution in [0, 0.1) is 0 Å². The lowest BCUT2D eigenvalue weighted by molar-refractivity contribution is -0.139. The fourth-order valence-corrected chi connectivity index (χ4v) is 4.07. The number of nitrogens with two attached hydrogens (primary N) is 1. The molecule has 0 fully saturated rings. The van der Waals surface area contributed by atoms with E-state index in [0.29, 0.717) is 11.3 Å². The number of hydrogen-bond donors (Lipinski definition) is 1. The lowest BCUT2D eigenvalue weighted by Gasteiger charge is -2.21. The molecule has 4 rings (SSSR count). The summed E-state index contributed by atoms with van der Waals surface area (Å²) in [6, 6.07) is 8.93. The van der Waals surface area contributed by atoms with Crippen LogP contribution < -0.4 is 5.73 Å². The molecule has 27 heavy (non-hydrogen) atoms. The molecule has 1 aromatic heterocycles. The van der Waals surface area contributed by atoms with Gasteiger partial charge in [-0.05, 0) is 17.5 Å². The third-order valence-corrected chi connectivity index (χ3v) is 5.40. The zero-order valence-electron chi connectivity index (χ0n) is 14.4. The summed E-state index contributed by atoms with van der Waals surface area (Å²) in [6.07, 6.45) is 0. The summed E-state index contributed by atoms with van der Waals surface area (Å²) in [5.41, 5.74) is 7.05. The number of benzene rings is 1. The molecule has 0 spiro atoms. The van der Waals surface area contributed by atoms with Crippen molar-refractivity contribution in [2.75, 3.05) is 14.2 Å². The average molecular weight is 382 g/mol. The van der Waals surface area contributed by atoms with Gasteiger partial charge in [-0.1, -0.05) is 18.2 Å². The summed E-state index contributed by atoms with van der Waals surface area (Å²) < 4.78 is 10.6. The van der Waals surface area contributed by atoms with E-state index in [-0.39, 0.29) is 17.1 Å². The molecule has 2 aromatic rings. The van der Waals surface area contributed by atoms with Crippen LogP contribution in [0.5, 0.6) is 0 Å². The highest BCUT2D eigenvalue weighted by Crippen LogP contribution is 2.39. The Morgan fingerprint density at radius 3 is 2.56 bits per heavy atom. The van der Waals surface area contributed by atoms with Gasteiger partial charge in [0.25, 0.3) is 0 Å². The van der Waals surface area contributed by atoms with Crippen molar-refractivity contribution in [3.63, 3.8) is 0 Å². The average Bonchev–Trinajstić information content (AvgIpc) is 3.30. The van der Waals surface area contributed by atoms with E-state index < -0.39 is 18.0 Å². The molecular formula is C18H14N4O4S. The Balaban J connectivity index is 1.89. The number of thiophene rings is 1. The van der Waals surface area contributed by atoms with E-state index in [2.05, 4.69) is 15.2 Å². The van der Waals surface area contributed by atoms with Crippen LogP contribution in [0.1, 0.15) is 4.88 Å². The number of rotatable bonds is 3. The van der Waals surface area contributed by atoms with Crippen LogP contribution in [0.4, 0.5) is 0 Å². The van der Waals surface area contributed by atoms with Gasteiger partial charge in [-0.25, -0.2) is 14.6 Å². The van der Waals surface area contributed by atoms with Crippen molar-refractivity contribution >= 4 is 44.9 Å². The quantitative estimate of drug-likeness (QED) is 0.819. The minimum atomic E-state index is -0.964. The number of carbonyl (C=O) groups excluding carboxylic acids is 2. The normalized spacial score (nSPS) is 18.6. The Labute approximate surface area is 157 Å². The van der Waals surface area contributed by atoms with Crippen molar-refractivity contribution in [1.29, 1.82) is 0 Å². The van der Waals surface area contributed by atoms with E-state index in [1.54, 1.807) is 0 Å². The smallest absolute Gasteiger partial charge is 0.357 e. The predicted molar refractivity (Wildman–Crippen MR) is 100 cm³/mol. The zero-order chi connectivity index (χ0) is 19.1. The number of amidine groups is 1. The highest BCUT2D eigenvalue weighted by molar-refractivity contribution is 7.20. The number of hydrogen-bond acceptors (Lipinski definition) is 9. The number of ether oxygens (including phenoxy) is 2. The van der Waals surface area contributed by atoms with Crippen molar-refractivity contribution in [2.24, 2.45) is 21.0 Å². The Bertz CT molecular complexity index is 1080. The van der Waals surface area contributed by atoms with Gasteiger partial charge >= 0.3 is 11.9 Å². The molecule has 1 aromatic carbocycles. The third kappa shape index (κ3) is 2.68. The summed E-state index contributed by atoms with van der Waals surface area (Å²) >= 11 is 1.53. The van der Waals surface area contributed by atoms with Crippen LogP contribution in [0.3, 0.4) is 0 Å². The Kier molecular flexibility index (Phi) is 4.17. The molecule has 3 heterocycles. The number of fused-ring (bicyclic) bond motifs is 2. The first kappa shape index (κ1) is 17.3. The Hall–Kier alpha value is -3.17. The molecule has 136 valence electrons. The second-order valence-electron chi connectivity index (χ2n) is 5.77. The molecule has 2 aliphatic heterocycles. The number of nitrogens with zero attached hydrogens (tertiary/aromatic N) is 3. The van der Waals surface area contributed by atoms with Gasteiger partial charge in [-0.3, -0.25) is 0 Å². The molecule has 2 N–H and O–H groups in total. The fraction of sp³-hybridized carbons (Fsp3) is 0.167. The highest BCUT2D eigenvalue weighted by atomic mass is 32.1.